The van der Waals surface area contributed by atoms with E-state index in [2.05, 4.69) is 249 Å². The van der Waals surface area contributed by atoms with E-state index in [-0.39, 0.29) is 117 Å². The fourth-order valence-electron chi connectivity index (χ4n) is 10.8. The Morgan fingerprint density at radius 1 is 0.327 bits per heavy atom. The van der Waals surface area contributed by atoms with Gasteiger partial charge in [-0.15, -0.1) is 0 Å². The molecule has 24 N–H and O–H groups in total. The molecule has 1 atom stereocenters. The number of nitrogens with one attached hydrogen (secondary N) is 6. The molecule has 0 amide bonds. The van der Waals surface area contributed by atoms with Crippen LogP contribution >= 0.6 is 0 Å². The molecule has 0 radical (unpaired) electrons. The molecule has 0 aromatic rings. The number of nitrogens with two attached hydrogens (primary N) is 9. The maximum Gasteiger partial charge on any atom is 0.188 e. The molecule has 21 heteroatoms. The van der Waals surface area contributed by atoms with Crippen LogP contribution in [0.1, 0.15) is 354 Å². The number of nitrogens with zero attached hydrogens (tertiary/aromatic N) is 6. The number of rotatable bonds is 8. The smallest absolute Gasteiger partial charge is 0.188 e. The molecule has 6 aliphatic heterocycles. The second-order valence-corrected chi connectivity index (χ2v) is 39.8. The summed E-state index contributed by atoms with van der Waals surface area (Å²) in [6.45, 7) is 86.3. The molecular formula is C89H219N21. The molecule has 6 heterocycles. The van der Waals surface area contributed by atoms with Crippen molar-refractivity contribution in [2.75, 3.05) is 118 Å². The van der Waals surface area contributed by atoms with Gasteiger partial charge in [-0.3, -0.25) is 30.7 Å². The molecule has 0 aromatic carbocycles. The summed E-state index contributed by atoms with van der Waals surface area (Å²) in [6, 6.07) is 0. The molecule has 0 aliphatic carbocycles. The Bertz CT molecular complexity index is 2080. The van der Waals surface area contributed by atoms with E-state index < -0.39 is 0 Å². The molecule has 6 rings (SSSR count). The van der Waals surface area contributed by atoms with E-state index in [1.807, 2.05) is 9.80 Å². The van der Waals surface area contributed by atoms with Crippen LogP contribution < -0.4 is 72.9 Å². The van der Waals surface area contributed by atoms with Crippen molar-refractivity contribution in [2.24, 2.45) is 145 Å². The Morgan fingerprint density at radius 2 is 0.636 bits per heavy atom. The molecule has 6 saturated heterocycles. The van der Waals surface area contributed by atoms with Gasteiger partial charge in [0.25, 0.3) is 0 Å². The van der Waals surface area contributed by atoms with Crippen molar-refractivity contribution in [3.05, 3.63) is 0 Å². The van der Waals surface area contributed by atoms with E-state index in [1.165, 1.54) is 90.9 Å². The third-order valence-corrected chi connectivity index (χ3v) is 18.8. The van der Waals surface area contributed by atoms with Crippen molar-refractivity contribution in [1.82, 2.24) is 36.0 Å². The predicted octanol–water partition coefficient (Wildman–Crippen LogP) is 19.0. The number of hydrogen-bond acceptors (Lipinski definition) is 11. The van der Waals surface area contributed by atoms with Gasteiger partial charge in [0.1, 0.15) is 0 Å². The zero-order chi connectivity index (χ0) is 78.3. The van der Waals surface area contributed by atoms with E-state index in [0.717, 1.165) is 108 Å². The molecule has 0 aromatic heterocycles. The highest BCUT2D eigenvalue weighted by atomic mass is 15.3. The topological polar surface area (TPSA) is 377 Å². The van der Waals surface area contributed by atoms with Gasteiger partial charge in [-0.05, 0) is 209 Å². The highest BCUT2D eigenvalue weighted by Gasteiger charge is 2.36. The minimum Gasteiger partial charge on any atom is -0.370 e. The highest BCUT2D eigenvalue weighted by molar-refractivity contribution is 5.76. The molecule has 6 fully saturated rings. The monoisotopic (exact) mass is 1580 g/mol. The summed E-state index contributed by atoms with van der Waals surface area (Å²) in [4.78, 5) is 18.0. The second kappa shape index (κ2) is 67.3. The van der Waals surface area contributed by atoms with Crippen LogP contribution in [0, 0.1) is 89.1 Å². The summed E-state index contributed by atoms with van der Waals surface area (Å²) >= 11 is 0. The van der Waals surface area contributed by atoms with Crippen LogP contribution in [0.5, 0.6) is 0 Å². The Balaban J connectivity index is -0.0000000695. The summed E-state index contributed by atoms with van der Waals surface area (Å²) in [5.74, 6) is 5.23. The quantitative estimate of drug-likeness (QED) is 0.0610. The number of piperazine rings is 1. The lowest BCUT2D eigenvalue weighted by atomic mass is 9.75. The predicted molar refractivity (Wildman–Crippen MR) is 514 cm³/mol. The number of guanidine groups is 5. The Morgan fingerprint density at radius 3 is 0.855 bits per heavy atom. The van der Waals surface area contributed by atoms with Gasteiger partial charge < -0.3 is 82.7 Å². The van der Waals surface area contributed by atoms with Crippen LogP contribution in [0.4, 0.5) is 0 Å². The number of piperidine rings is 2. The minimum atomic E-state index is 0. The first kappa shape index (κ1) is 141. The Kier molecular flexibility index (Phi) is 86.4. The van der Waals surface area contributed by atoms with Crippen molar-refractivity contribution < 1.29 is 0 Å². The van der Waals surface area contributed by atoms with Crippen LogP contribution in [-0.4, -0.2) is 168 Å². The summed E-state index contributed by atoms with van der Waals surface area (Å²) in [6.07, 6.45) is 12.1. The second-order valence-electron chi connectivity index (χ2n) is 39.8. The molecule has 6 aliphatic rings. The lowest BCUT2D eigenvalue weighted by Gasteiger charge is -2.46. The summed E-state index contributed by atoms with van der Waals surface area (Å²) in [7, 11) is 0. The van der Waals surface area contributed by atoms with Crippen molar-refractivity contribution in [3.8, 4) is 0 Å². The molecule has 0 saturated carbocycles. The molecule has 680 valence electrons. The third-order valence-electron chi connectivity index (χ3n) is 18.8. The number of likely N-dealkylation sites (tertiary alicyclic amines) is 2. The average Bonchev–Trinajstić information content (AvgIpc) is 0.923. The van der Waals surface area contributed by atoms with Gasteiger partial charge in [0, 0.05) is 77.5 Å². The Hall–Kier alpha value is -3.89. The lowest BCUT2D eigenvalue weighted by molar-refractivity contribution is 0.0772. The summed E-state index contributed by atoms with van der Waals surface area (Å²) in [5, 5.41) is 27.8. The standard InChI is InChI=1S/C10H21N3.C9H19N.C8H17N3.C8H19N3.C8H18N2.C8H17N.C7H17N3.C7H15N.C7H17N.C6H15N3.11CH4/c1-10(2,3)8-4-6-13(7-5-8)9(11)12;1-9(2,3)8-4-6-10-7-5-8;1-8(2,3)6-4-11(5-6)7(9)10;1-8(2,3)5-4-6-11-7(9)10;1-8(2,3)10-6-4-9-5-7-10;1-8(2,3)7-4-5-9-6-7;1-7(2,3)4-5-10-6(8)9;1-7(2,3)6-4-8-5-6;1-7(2,3)5-4-6-8;1-6(2,3)4-9-5(7)8;;;;;;;;;;;/h8H,4-7H2,1-3H3,(H3,11,12);8,10H,4-7H2,1-3H3;6H,4-5H2,1-3H3,(H3,9,10);4-6H2,1-3H3,(H4,9,10,11);9H,4-7H2,1-3H3;7,9H,4-6H2,1-3H3;4-5H2,1-3H3,(H4,8,9,10);6,8H,4-5H2,1-3H3;4-6,8H2,1-3H3;4H2,1-3H3,(H4,7,8,9);11*1H4. The van der Waals surface area contributed by atoms with Gasteiger partial charge in [0.2, 0.25) is 0 Å². The van der Waals surface area contributed by atoms with Crippen LogP contribution in [-0.2, 0) is 0 Å². The van der Waals surface area contributed by atoms with Gasteiger partial charge in [0.15, 0.2) is 29.8 Å². The third kappa shape index (κ3) is 86.5. The first-order chi connectivity index (χ1) is 44.6. The maximum atomic E-state index is 7.31. The van der Waals surface area contributed by atoms with Crippen molar-refractivity contribution in [2.45, 2.75) is 359 Å². The van der Waals surface area contributed by atoms with Crippen LogP contribution in [0.2, 0.25) is 0 Å². The van der Waals surface area contributed by atoms with Crippen molar-refractivity contribution in [1.29, 1.82) is 10.8 Å². The van der Waals surface area contributed by atoms with Crippen LogP contribution in [0.25, 0.3) is 0 Å². The molecule has 0 spiro atoms. The van der Waals surface area contributed by atoms with Gasteiger partial charge in [-0.1, -0.05) is 269 Å². The molecule has 21 nitrogen and oxygen atoms in total. The lowest BCUT2D eigenvalue weighted by Crippen LogP contribution is -2.56. The zero-order valence-electron chi connectivity index (χ0n) is 71.1. The van der Waals surface area contributed by atoms with Gasteiger partial charge in [-0.25, -0.2) is 0 Å². The van der Waals surface area contributed by atoms with Crippen LogP contribution in [0.15, 0.2) is 15.0 Å². The average molecular weight is 1580 g/mol. The van der Waals surface area contributed by atoms with Crippen molar-refractivity contribution in [3.63, 3.8) is 0 Å². The van der Waals surface area contributed by atoms with Crippen molar-refractivity contribution >= 4 is 29.8 Å². The van der Waals surface area contributed by atoms with E-state index in [9.17, 15) is 0 Å². The summed E-state index contributed by atoms with van der Waals surface area (Å²) in [5.41, 5.74) is 51.1. The first-order valence-electron chi connectivity index (χ1n) is 38.2. The van der Waals surface area contributed by atoms with E-state index in [4.69, 9.17) is 62.4 Å². The van der Waals surface area contributed by atoms with Gasteiger partial charge in [0.05, 0.1) is 0 Å². The minimum absolute atomic E-state index is 0. The van der Waals surface area contributed by atoms with Crippen LogP contribution in [0.3, 0.4) is 0 Å². The molecular weight excluding hydrogens is 1360 g/mol. The maximum absolute atomic E-state index is 7.31. The molecule has 110 heavy (non-hydrogen) atoms. The highest BCUT2D eigenvalue weighted by Crippen LogP contribution is 2.36. The molecule has 1 unspecified atom stereocenters. The number of aliphatic imine (C=N–C) groups is 3. The van der Waals surface area contributed by atoms with Gasteiger partial charge in [-0.2, -0.15) is 0 Å². The van der Waals surface area contributed by atoms with Gasteiger partial charge >= 0.3 is 0 Å². The molecule has 0 bridgehead atoms. The fourth-order valence-corrected chi connectivity index (χ4v) is 10.8. The SMILES string of the molecule is C.C.C.C.C.C.C.C.C.C.C.CC(C)(C)C1CCN(C(=N)N)CC1.CC(C)(C)C1CCNC1.CC(C)(C)C1CCNCC1.CC(C)(C)C1CN(C(=N)N)C1.CC(C)(C)C1CNC1.CC(C)(C)CCCN.CC(C)(C)CCCN=C(N)N.CC(C)(C)CCN=C(N)N.CC(C)(C)CN=C(N)N.CC(C)(C)N1CCNCC1. The van der Waals surface area contributed by atoms with E-state index >= 15 is 0 Å². The fraction of sp³-hybridized carbons (Fsp3) is 0.944. The Labute approximate surface area is 695 Å². The first-order valence-corrected chi connectivity index (χ1v) is 38.2. The summed E-state index contributed by atoms with van der Waals surface area (Å²) < 4.78 is 0. The van der Waals surface area contributed by atoms with E-state index in [1.54, 1.807) is 0 Å². The van der Waals surface area contributed by atoms with E-state index in [0.29, 0.717) is 61.3 Å². The number of hydrogen-bond donors (Lipinski definition) is 15. The normalized spacial score (nSPS) is 16.5. The zero-order valence-corrected chi connectivity index (χ0v) is 71.1. The largest absolute Gasteiger partial charge is 0.370 e.